The molecule has 0 radical (unpaired) electrons. The Balaban J connectivity index is 2.05. The highest BCUT2D eigenvalue weighted by Gasteiger charge is 2.21. The number of hydrogen-bond acceptors (Lipinski definition) is 2. The summed E-state index contributed by atoms with van der Waals surface area (Å²) in [6.45, 7) is 3.00. The molecule has 22 heavy (non-hydrogen) atoms. The van der Waals surface area contributed by atoms with Crippen LogP contribution in [0.3, 0.4) is 0 Å². The Morgan fingerprint density at radius 2 is 2.14 bits per heavy atom. The average Bonchev–Trinajstić information content (AvgIpc) is 2.76. The first-order valence-electron chi connectivity index (χ1n) is 7.18. The molecule has 1 aliphatic heterocycles. The molecule has 110 valence electrons. The van der Waals surface area contributed by atoms with Crippen LogP contribution in [0.4, 0.5) is 4.39 Å². The molecule has 3 aromatic rings. The van der Waals surface area contributed by atoms with Crippen molar-refractivity contribution < 1.29 is 9.18 Å². The van der Waals surface area contributed by atoms with Crippen molar-refractivity contribution in [3.8, 4) is 11.4 Å². The van der Waals surface area contributed by atoms with E-state index in [4.69, 9.17) is 0 Å². The van der Waals surface area contributed by atoms with Crippen molar-refractivity contribution in [1.82, 2.24) is 14.9 Å². The molecule has 5 heteroatoms. The van der Waals surface area contributed by atoms with Gasteiger partial charge >= 0.3 is 0 Å². The highest BCUT2D eigenvalue weighted by molar-refractivity contribution is 6.06. The van der Waals surface area contributed by atoms with Gasteiger partial charge in [0.25, 0.3) is 5.91 Å². The van der Waals surface area contributed by atoms with Crippen molar-refractivity contribution in [1.29, 1.82) is 0 Å². The summed E-state index contributed by atoms with van der Waals surface area (Å²) in [6.07, 6.45) is 0. The lowest BCUT2D eigenvalue weighted by Crippen LogP contribution is -2.24. The number of imidazole rings is 1. The van der Waals surface area contributed by atoms with Crippen LogP contribution in [0.5, 0.6) is 0 Å². The van der Waals surface area contributed by atoms with E-state index in [2.05, 4.69) is 10.3 Å². The summed E-state index contributed by atoms with van der Waals surface area (Å²) in [4.78, 5) is 16.8. The van der Waals surface area contributed by atoms with Gasteiger partial charge < -0.3 is 9.88 Å². The lowest BCUT2D eigenvalue weighted by Gasteiger charge is -2.08. The van der Waals surface area contributed by atoms with Crippen LogP contribution in [0.2, 0.25) is 0 Å². The molecule has 0 saturated carbocycles. The maximum absolute atomic E-state index is 13.7. The molecular weight excluding hydrogens is 281 g/mol. The van der Waals surface area contributed by atoms with Gasteiger partial charge in [0.05, 0.1) is 16.6 Å². The summed E-state index contributed by atoms with van der Waals surface area (Å²) in [6, 6.07) is 10.4. The van der Waals surface area contributed by atoms with Gasteiger partial charge in [-0.2, -0.15) is 0 Å². The first-order valence-corrected chi connectivity index (χ1v) is 7.18. The van der Waals surface area contributed by atoms with Crippen LogP contribution in [0.25, 0.3) is 22.4 Å². The Kier molecular flexibility index (Phi) is 2.76. The average molecular weight is 295 g/mol. The Hall–Kier alpha value is -2.69. The van der Waals surface area contributed by atoms with E-state index in [0.717, 1.165) is 22.2 Å². The number of aromatic nitrogens is 2. The monoisotopic (exact) mass is 295 g/mol. The van der Waals surface area contributed by atoms with E-state index in [1.165, 1.54) is 12.1 Å². The van der Waals surface area contributed by atoms with Crippen molar-refractivity contribution in [2.24, 2.45) is 0 Å². The third-order valence-electron chi connectivity index (χ3n) is 3.93. The minimum absolute atomic E-state index is 0.0915. The van der Waals surface area contributed by atoms with Crippen LogP contribution in [0.1, 0.15) is 15.9 Å². The fraction of sp³-hybridized carbons (Fsp3) is 0.176. The van der Waals surface area contributed by atoms with E-state index in [-0.39, 0.29) is 11.7 Å². The van der Waals surface area contributed by atoms with Gasteiger partial charge in [-0.15, -0.1) is 0 Å². The van der Waals surface area contributed by atoms with E-state index in [0.29, 0.717) is 24.5 Å². The molecule has 0 unspecified atom stereocenters. The minimum Gasteiger partial charge on any atom is -0.350 e. The molecular formula is C17H14FN3O. The number of nitrogens with zero attached hydrogens (tertiary/aromatic N) is 2. The lowest BCUT2D eigenvalue weighted by molar-refractivity contribution is 0.0956. The number of aryl methyl sites for hydroxylation is 1. The van der Waals surface area contributed by atoms with Crippen molar-refractivity contribution in [2.75, 3.05) is 6.54 Å². The molecule has 1 amide bonds. The zero-order chi connectivity index (χ0) is 15.3. The normalized spacial score (nSPS) is 14.0. The second-order valence-corrected chi connectivity index (χ2v) is 5.53. The number of para-hydroxylation sites is 1. The van der Waals surface area contributed by atoms with Gasteiger partial charge in [-0.3, -0.25) is 4.79 Å². The third kappa shape index (κ3) is 1.89. The van der Waals surface area contributed by atoms with Gasteiger partial charge in [-0.05, 0) is 42.8 Å². The van der Waals surface area contributed by atoms with Crippen molar-refractivity contribution in [3.05, 3.63) is 53.3 Å². The van der Waals surface area contributed by atoms with Gasteiger partial charge in [-0.1, -0.05) is 6.07 Å². The summed E-state index contributed by atoms with van der Waals surface area (Å²) in [7, 11) is 0. The van der Waals surface area contributed by atoms with Gasteiger partial charge in [0.1, 0.15) is 11.6 Å². The molecule has 1 N–H and O–H groups in total. The Morgan fingerprint density at radius 3 is 2.95 bits per heavy atom. The summed E-state index contributed by atoms with van der Waals surface area (Å²) >= 11 is 0. The van der Waals surface area contributed by atoms with Crippen molar-refractivity contribution in [2.45, 2.75) is 13.5 Å². The number of hydrogen-bond donors (Lipinski definition) is 1. The molecule has 0 atom stereocenters. The number of amides is 1. The molecule has 2 heterocycles. The van der Waals surface area contributed by atoms with Gasteiger partial charge in [0.2, 0.25) is 0 Å². The van der Waals surface area contributed by atoms with E-state index >= 15 is 0 Å². The number of halogens is 1. The van der Waals surface area contributed by atoms with E-state index in [1.807, 2.05) is 29.7 Å². The summed E-state index contributed by atoms with van der Waals surface area (Å²) in [5.74, 6) is 0.325. The fourth-order valence-electron chi connectivity index (χ4n) is 3.05. The van der Waals surface area contributed by atoms with E-state index in [1.54, 1.807) is 6.07 Å². The molecule has 0 spiro atoms. The Bertz CT molecular complexity index is 893. The second-order valence-electron chi connectivity index (χ2n) is 5.53. The van der Waals surface area contributed by atoms with Crippen LogP contribution < -0.4 is 5.32 Å². The number of benzene rings is 2. The molecule has 4 nitrogen and oxygen atoms in total. The van der Waals surface area contributed by atoms with Crippen LogP contribution in [-0.4, -0.2) is 22.0 Å². The number of carbonyl (C=O) groups is 1. The lowest BCUT2D eigenvalue weighted by atomic mass is 10.1. The standard InChI is InChI=1S/C17H14FN3O/c1-10-7-11(9-12(18)8-10)16-20-14-4-2-3-13-15(14)21(16)6-5-19-17(13)22/h2-4,7-9H,5-6H2,1H3,(H,19,22). The topological polar surface area (TPSA) is 46.9 Å². The SMILES string of the molecule is Cc1cc(F)cc(-c2nc3cccc4c3n2CCNC4=O)c1. The zero-order valence-electron chi connectivity index (χ0n) is 12.1. The predicted octanol–water partition coefficient (Wildman–Crippen LogP) is 2.89. The van der Waals surface area contributed by atoms with Crippen molar-refractivity contribution >= 4 is 16.9 Å². The van der Waals surface area contributed by atoms with Crippen LogP contribution in [0, 0.1) is 12.7 Å². The first kappa shape index (κ1) is 13.0. The molecule has 0 aliphatic carbocycles. The van der Waals surface area contributed by atoms with Gasteiger partial charge in [0.15, 0.2) is 0 Å². The summed E-state index contributed by atoms with van der Waals surface area (Å²) in [5, 5.41) is 2.88. The minimum atomic E-state index is -0.280. The zero-order valence-corrected chi connectivity index (χ0v) is 12.1. The molecule has 0 fully saturated rings. The molecule has 0 saturated heterocycles. The van der Waals surface area contributed by atoms with Crippen LogP contribution in [0.15, 0.2) is 36.4 Å². The number of nitrogens with one attached hydrogen (secondary N) is 1. The smallest absolute Gasteiger partial charge is 0.253 e. The highest BCUT2D eigenvalue weighted by atomic mass is 19.1. The summed E-state index contributed by atoms with van der Waals surface area (Å²) < 4.78 is 15.7. The fourth-order valence-corrected chi connectivity index (χ4v) is 3.05. The predicted molar refractivity (Wildman–Crippen MR) is 82.2 cm³/mol. The molecule has 0 bridgehead atoms. The van der Waals surface area contributed by atoms with Gasteiger partial charge in [0, 0.05) is 18.7 Å². The molecule has 1 aliphatic rings. The third-order valence-corrected chi connectivity index (χ3v) is 3.93. The second kappa shape index (κ2) is 4.66. The van der Waals surface area contributed by atoms with Gasteiger partial charge in [-0.25, -0.2) is 9.37 Å². The van der Waals surface area contributed by atoms with Crippen LogP contribution >= 0.6 is 0 Å². The quantitative estimate of drug-likeness (QED) is 0.750. The highest BCUT2D eigenvalue weighted by Crippen LogP contribution is 2.29. The van der Waals surface area contributed by atoms with E-state index in [9.17, 15) is 9.18 Å². The Morgan fingerprint density at radius 1 is 1.27 bits per heavy atom. The maximum atomic E-state index is 13.7. The van der Waals surface area contributed by atoms with Crippen LogP contribution in [-0.2, 0) is 6.54 Å². The Labute approximate surface area is 126 Å². The molecule has 4 rings (SSSR count). The maximum Gasteiger partial charge on any atom is 0.253 e. The number of rotatable bonds is 1. The largest absolute Gasteiger partial charge is 0.350 e. The number of carbonyl (C=O) groups excluding carboxylic acids is 1. The molecule has 1 aromatic heterocycles. The summed E-state index contributed by atoms with van der Waals surface area (Å²) in [5.41, 5.74) is 3.76. The first-order chi connectivity index (χ1) is 10.6. The van der Waals surface area contributed by atoms with Crippen molar-refractivity contribution in [3.63, 3.8) is 0 Å². The molecule has 2 aromatic carbocycles. The van der Waals surface area contributed by atoms with E-state index < -0.39 is 0 Å².